The van der Waals surface area contributed by atoms with Crippen LogP contribution in [0.2, 0.25) is 6.32 Å². The molecule has 2 heteroatoms. The molecule has 1 heterocycles. The van der Waals surface area contributed by atoms with Crippen molar-refractivity contribution in [3.63, 3.8) is 0 Å². The molecule has 0 aliphatic carbocycles. The van der Waals surface area contributed by atoms with E-state index in [2.05, 4.69) is 12.4 Å². The van der Waals surface area contributed by atoms with Crippen LogP contribution in [0, 0.1) is 5.82 Å². The van der Waals surface area contributed by atoms with Gasteiger partial charge in [0.2, 0.25) is 0 Å². The third kappa shape index (κ3) is 0.698. The Kier molecular flexibility index (Phi) is 1.00. The molecule has 0 saturated heterocycles. The first kappa shape index (κ1) is 3.30. The average Bonchev–Trinajstić information content (AvgIpc) is 1.76. The Bertz CT molecular complexity index is 65.0. The van der Waals surface area contributed by atoms with Crippen molar-refractivity contribution in [2.24, 2.45) is 0 Å². The molecule has 0 fully saturated rings. The molecule has 0 nitrogen and oxygen atoms in total. The summed E-state index contributed by atoms with van der Waals surface area (Å²) in [5.41, 5.74) is 0. The molecule has 1 aliphatic rings. The molecule has 5 heavy (non-hydrogen) atoms. The zero-order valence-corrected chi connectivity index (χ0v) is 3.70. The van der Waals surface area contributed by atoms with Crippen LogP contribution >= 0.6 is 8.07 Å². The van der Waals surface area contributed by atoms with Gasteiger partial charge in [-0.3, -0.25) is 0 Å². The van der Waals surface area contributed by atoms with E-state index in [9.17, 15) is 0 Å². The first-order valence-corrected chi connectivity index (χ1v) is 2.55. The Balaban J connectivity index is 2.61. The quantitative estimate of drug-likeness (QED) is 0.304. The standard InChI is InChI=1S/C3H3BP/c1-2-4-5-3-1/h1H,2H2. The molecule has 0 spiro atoms. The summed E-state index contributed by atoms with van der Waals surface area (Å²) in [4.78, 5) is 0. The average molecular weight is 80.8 g/mol. The fourth-order valence-corrected chi connectivity index (χ4v) is 0.791. The Morgan fingerprint density at radius 3 is 3.20 bits per heavy atom. The summed E-state index contributed by atoms with van der Waals surface area (Å²) in [5.74, 6) is 3.01. The molecule has 1 radical (unpaired) electrons. The molecular weight excluding hydrogens is 77.8 g/mol. The van der Waals surface area contributed by atoms with E-state index in [1.165, 1.54) is 8.07 Å². The summed E-state index contributed by atoms with van der Waals surface area (Å²) in [5, 5.41) is 0. The van der Waals surface area contributed by atoms with Crippen LogP contribution in [0.3, 0.4) is 0 Å². The Morgan fingerprint density at radius 1 is 2.00 bits per heavy atom. The summed E-state index contributed by atoms with van der Waals surface area (Å²) < 4.78 is 0. The van der Waals surface area contributed by atoms with Gasteiger partial charge in [0.25, 0.3) is 0 Å². The van der Waals surface area contributed by atoms with E-state index in [4.69, 9.17) is 0 Å². The molecule has 0 aromatic carbocycles. The molecule has 0 amide bonds. The maximum absolute atomic E-state index is 3.01. The molecule has 0 saturated carbocycles. The molecule has 0 aromatic rings. The second-order valence-electron chi connectivity index (χ2n) is 0.881. The molecular formula is C3H3BP. The summed E-state index contributed by atoms with van der Waals surface area (Å²) in [6, 6.07) is 0. The second kappa shape index (κ2) is 1.52. The van der Waals surface area contributed by atoms with Gasteiger partial charge >= 0.3 is 32.9 Å². The van der Waals surface area contributed by atoms with Gasteiger partial charge in [-0.2, -0.15) is 0 Å². The molecule has 1 aliphatic heterocycles. The third-order valence-electron chi connectivity index (χ3n) is 0.480. The topological polar surface area (TPSA) is 0 Å². The minimum absolute atomic E-state index is 1.13. The van der Waals surface area contributed by atoms with Gasteiger partial charge in [-0.1, -0.05) is 0 Å². The van der Waals surface area contributed by atoms with Gasteiger partial charge in [-0.05, 0) is 0 Å². The van der Waals surface area contributed by atoms with Crippen LogP contribution in [0.5, 0.6) is 0 Å². The van der Waals surface area contributed by atoms with E-state index < -0.39 is 0 Å². The summed E-state index contributed by atoms with van der Waals surface area (Å²) in [6.07, 6.45) is 3.17. The molecule has 0 unspecified atom stereocenters. The zero-order chi connectivity index (χ0) is 3.54. The van der Waals surface area contributed by atoms with Crippen LogP contribution in [0.15, 0.2) is 6.08 Å². The fraction of sp³-hybridized carbons (Fsp3) is 0.333. The van der Waals surface area contributed by atoms with Gasteiger partial charge in [0.1, 0.15) is 0 Å². The van der Waals surface area contributed by atoms with Gasteiger partial charge in [0.05, 0.1) is 0 Å². The van der Waals surface area contributed by atoms with Gasteiger partial charge in [-0.25, -0.2) is 0 Å². The van der Waals surface area contributed by atoms with Crippen molar-refractivity contribution in [2.75, 3.05) is 0 Å². The van der Waals surface area contributed by atoms with Crippen molar-refractivity contribution in [1.29, 1.82) is 0 Å². The second-order valence-corrected chi connectivity index (χ2v) is 1.76. The fourth-order valence-electron chi connectivity index (χ4n) is 0.264. The van der Waals surface area contributed by atoms with Crippen LogP contribution in [0.4, 0.5) is 0 Å². The van der Waals surface area contributed by atoms with Crippen molar-refractivity contribution >= 4 is 14.7 Å². The molecule has 23 valence electrons. The number of hydrogen-bond acceptors (Lipinski definition) is 0. The number of hydrogen-bond donors (Lipinski definition) is 0. The van der Waals surface area contributed by atoms with E-state index in [0.717, 1.165) is 6.32 Å². The first-order chi connectivity index (χ1) is 2.50. The monoisotopic (exact) mass is 81.0 g/mol. The molecule has 0 atom stereocenters. The SMILES string of the molecule is B1=P[C]=CC1. The predicted octanol–water partition coefficient (Wildman–Crippen LogP) is 1.30. The van der Waals surface area contributed by atoms with Gasteiger partial charge in [-0.15, -0.1) is 0 Å². The molecule has 0 bridgehead atoms. The van der Waals surface area contributed by atoms with Crippen LogP contribution in [0.25, 0.3) is 0 Å². The van der Waals surface area contributed by atoms with Gasteiger partial charge in [0.15, 0.2) is 0 Å². The normalized spacial score (nSPS) is 19.2. The van der Waals surface area contributed by atoms with Crippen molar-refractivity contribution < 1.29 is 0 Å². The predicted molar refractivity (Wildman–Crippen MR) is 25.3 cm³/mol. The third-order valence-corrected chi connectivity index (χ3v) is 1.21. The first-order valence-electron chi connectivity index (χ1n) is 1.59. The maximum atomic E-state index is 3.01. The zero-order valence-electron chi connectivity index (χ0n) is 2.81. The van der Waals surface area contributed by atoms with Crippen LogP contribution < -0.4 is 0 Å². The van der Waals surface area contributed by atoms with Crippen molar-refractivity contribution in [3.05, 3.63) is 11.9 Å². The van der Waals surface area contributed by atoms with E-state index in [0.29, 0.717) is 0 Å². The van der Waals surface area contributed by atoms with E-state index in [-0.39, 0.29) is 0 Å². The van der Waals surface area contributed by atoms with Crippen molar-refractivity contribution in [1.82, 2.24) is 0 Å². The molecule has 0 N–H and O–H groups in total. The van der Waals surface area contributed by atoms with Gasteiger partial charge < -0.3 is 0 Å². The van der Waals surface area contributed by atoms with E-state index >= 15 is 0 Å². The van der Waals surface area contributed by atoms with E-state index in [1.807, 2.05) is 6.08 Å². The molecule has 1 rings (SSSR count). The summed E-state index contributed by atoms with van der Waals surface area (Å²) in [7, 11) is 1.26. The minimum atomic E-state index is 1.13. The Labute approximate surface area is 33.9 Å². The van der Waals surface area contributed by atoms with Crippen molar-refractivity contribution in [3.8, 4) is 0 Å². The van der Waals surface area contributed by atoms with Gasteiger partial charge in [0, 0.05) is 0 Å². The van der Waals surface area contributed by atoms with Crippen molar-refractivity contribution in [2.45, 2.75) is 6.32 Å². The van der Waals surface area contributed by atoms with Crippen LogP contribution in [-0.4, -0.2) is 6.62 Å². The van der Waals surface area contributed by atoms with Crippen LogP contribution in [0.1, 0.15) is 0 Å². The van der Waals surface area contributed by atoms with E-state index in [1.54, 1.807) is 0 Å². The summed E-state index contributed by atoms with van der Waals surface area (Å²) in [6.45, 7) is 2.17. The number of allylic oxidation sites excluding steroid dienone is 1. The number of rotatable bonds is 0. The Morgan fingerprint density at radius 2 is 3.00 bits per heavy atom. The molecule has 0 aromatic heterocycles. The Hall–Kier alpha value is 0.105. The van der Waals surface area contributed by atoms with Crippen LogP contribution in [-0.2, 0) is 0 Å². The summed E-state index contributed by atoms with van der Waals surface area (Å²) >= 11 is 0.